The second kappa shape index (κ2) is 8.90. The van der Waals surface area contributed by atoms with Crippen molar-refractivity contribution in [2.75, 3.05) is 5.73 Å². The molecule has 4 rings (SSSR count). The summed E-state index contributed by atoms with van der Waals surface area (Å²) in [5, 5.41) is 18.8. The lowest BCUT2D eigenvalue weighted by Gasteiger charge is -2.50. The summed E-state index contributed by atoms with van der Waals surface area (Å²) < 4.78 is 4.25. The third kappa shape index (κ3) is 3.94. The number of nitroso groups, excluding NO2 is 1. The van der Waals surface area contributed by atoms with E-state index >= 15 is 0 Å². The molecule has 4 heterocycles. The highest BCUT2D eigenvalue weighted by Crippen LogP contribution is 2.45. The standard InChI is InChI=1S/C15H11Cl2N7O5S3/c16-9-14(32-23-21-9)30-4-2-1-3-5(12(26)24(3)8(4)13(27)28)19-11(25)7(22-29)6-10(17)31-15(18)20-6/h3,5,7H,1-2H2,(H2,18,20)(H,19,25)(H,27,28). The number of halogens is 2. The molecular formula is C15H11Cl2N7O5S3. The van der Waals surface area contributed by atoms with E-state index in [4.69, 9.17) is 28.9 Å². The van der Waals surface area contributed by atoms with Crippen LogP contribution in [-0.2, 0) is 14.4 Å². The van der Waals surface area contributed by atoms with Gasteiger partial charge in [0.15, 0.2) is 10.3 Å². The monoisotopic (exact) mass is 535 g/mol. The predicted molar refractivity (Wildman–Crippen MR) is 117 cm³/mol. The molecule has 0 radical (unpaired) electrons. The van der Waals surface area contributed by atoms with Crippen LogP contribution >= 0.6 is 57.8 Å². The molecule has 1 fully saturated rings. The van der Waals surface area contributed by atoms with E-state index < -0.39 is 35.9 Å². The third-order valence-electron chi connectivity index (χ3n) is 4.77. The first-order valence-corrected chi connectivity index (χ1v) is 11.9. The third-order valence-corrected chi connectivity index (χ3v) is 8.39. The fraction of sp³-hybridized carbons (Fsp3) is 0.333. The molecule has 2 aromatic rings. The summed E-state index contributed by atoms with van der Waals surface area (Å²) in [5.41, 5.74) is 5.25. The molecule has 1 saturated heterocycles. The number of hydrogen-bond acceptors (Lipinski definition) is 12. The van der Waals surface area contributed by atoms with Crippen LogP contribution in [0.15, 0.2) is 20.0 Å². The molecule has 4 N–H and O–H groups in total. The Morgan fingerprint density at radius 2 is 2.16 bits per heavy atom. The van der Waals surface area contributed by atoms with Gasteiger partial charge in [0.1, 0.15) is 26.0 Å². The zero-order valence-corrected chi connectivity index (χ0v) is 19.5. The van der Waals surface area contributed by atoms with Crippen molar-refractivity contribution in [3.8, 4) is 0 Å². The summed E-state index contributed by atoms with van der Waals surface area (Å²) in [4.78, 5) is 54.0. The van der Waals surface area contributed by atoms with E-state index in [1.807, 2.05) is 0 Å². The molecule has 0 aliphatic carbocycles. The van der Waals surface area contributed by atoms with Crippen LogP contribution in [0, 0.1) is 4.91 Å². The van der Waals surface area contributed by atoms with E-state index in [9.17, 15) is 24.4 Å². The highest BCUT2D eigenvalue weighted by atomic mass is 35.5. The zero-order chi connectivity index (χ0) is 23.2. The SMILES string of the molecule is Nc1nc(C(N=O)C(=O)NC2C(=O)N3C(C(=O)O)=C(Sc4snnc4Cl)CCC23)c(Cl)s1. The number of thioether (sulfide) groups is 1. The molecule has 17 heteroatoms. The molecule has 32 heavy (non-hydrogen) atoms. The van der Waals surface area contributed by atoms with E-state index in [0.29, 0.717) is 22.0 Å². The number of β-lactam (4-membered cyclic amide) rings is 1. The predicted octanol–water partition coefficient (Wildman–Crippen LogP) is 2.27. The molecule has 3 unspecified atom stereocenters. The number of carboxylic acid groups (broad SMARTS) is 1. The Hall–Kier alpha value is -2.33. The maximum atomic E-state index is 12.8. The Labute approximate surface area is 201 Å². The van der Waals surface area contributed by atoms with Crippen molar-refractivity contribution in [3.63, 3.8) is 0 Å². The minimum absolute atomic E-state index is 0.0375. The number of aromatic nitrogens is 3. The number of carbonyl (C=O) groups excluding carboxylic acids is 2. The van der Waals surface area contributed by atoms with Gasteiger partial charge in [-0.1, -0.05) is 50.8 Å². The van der Waals surface area contributed by atoms with Gasteiger partial charge in [-0.05, 0) is 29.6 Å². The number of anilines is 1. The van der Waals surface area contributed by atoms with Gasteiger partial charge in [0.2, 0.25) is 6.04 Å². The molecular weight excluding hydrogens is 525 g/mol. The lowest BCUT2D eigenvalue weighted by atomic mass is 9.86. The number of aliphatic carboxylic acids is 1. The second-order valence-corrected chi connectivity index (χ2v) is 10.7. The zero-order valence-electron chi connectivity index (χ0n) is 15.5. The Kier molecular flexibility index (Phi) is 6.35. The number of nitrogens with zero attached hydrogens (tertiary/aromatic N) is 5. The summed E-state index contributed by atoms with van der Waals surface area (Å²) in [6, 6.07) is -3.21. The van der Waals surface area contributed by atoms with Crippen LogP contribution in [0.3, 0.4) is 0 Å². The number of amides is 2. The van der Waals surface area contributed by atoms with Gasteiger partial charge in [-0.3, -0.25) is 14.5 Å². The largest absolute Gasteiger partial charge is 0.477 e. The molecule has 2 amide bonds. The highest BCUT2D eigenvalue weighted by molar-refractivity contribution is 8.04. The molecule has 0 aromatic carbocycles. The Morgan fingerprint density at radius 1 is 1.41 bits per heavy atom. The number of nitrogens with two attached hydrogens (primary N) is 1. The minimum Gasteiger partial charge on any atom is -0.477 e. The van der Waals surface area contributed by atoms with Crippen LogP contribution in [0.1, 0.15) is 24.6 Å². The van der Waals surface area contributed by atoms with Crippen LogP contribution in [0.5, 0.6) is 0 Å². The van der Waals surface area contributed by atoms with Crippen molar-refractivity contribution >= 4 is 80.7 Å². The number of hydrogen-bond donors (Lipinski definition) is 3. The number of nitrogen functional groups attached to an aromatic ring is 1. The molecule has 168 valence electrons. The molecule has 3 atom stereocenters. The van der Waals surface area contributed by atoms with E-state index in [1.54, 1.807) is 0 Å². The van der Waals surface area contributed by atoms with Gasteiger partial charge >= 0.3 is 5.97 Å². The van der Waals surface area contributed by atoms with Gasteiger partial charge < -0.3 is 16.2 Å². The van der Waals surface area contributed by atoms with Crippen molar-refractivity contribution in [2.24, 2.45) is 5.18 Å². The number of allylic oxidation sites excluding steroid dienone is 1. The molecule has 0 bridgehead atoms. The van der Waals surface area contributed by atoms with E-state index in [2.05, 4.69) is 25.1 Å². The average Bonchev–Trinajstić information content (AvgIpc) is 3.30. The summed E-state index contributed by atoms with van der Waals surface area (Å²) in [6.07, 6.45) is 0.703. The van der Waals surface area contributed by atoms with Gasteiger partial charge in [-0.15, -0.1) is 10.0 Å². The first-order chi connectivity index (χ1) is 15.2. The molecule has 2 aliphatic rings. The van der Waals surface area contributed by atoms with Crippen molar-refractivity contribution in [3.05, 3.63) is 30.7 Å². The first-order valence-electron chi connectivity index (χ1n) is 8.72. The van der Waals surface area contributed by atoms with Crippen molar-refractivity contribution in [2.45, 2.75) is 35.2 Å². The van der Waals surface area contributed by atoms with Crippen molar-refractivity contribution in [1.29, 1.82) is 0 Å². The van der Waals surface area contributed by atoms with Gasteiger partial charge in [0.05, 0.1) is 6.04 Å². The normalized spacial score (nSPS) is 21.1. The maximum absolute atomic E-state index is 12.8. The minimum atomic E-state index is -1.59. The van der Waals surface area contributed by atoms with E-state index in [1.165, 1.54) is 0 Å². The maximum Gasteiger partial charge on any atom is 0.353 e. The number of nitrogens with one attached hydrogen (secondary N) is 1. The number of carboxylic acids is 1. The first kappa shape index (κ1) is 22.8. The number of carbonyl (C=O) groups is 3. The van der Waals surface area contributed by atoms with Crippen LogP contribution in [-0.4, -0.2) is 54.4 Å². The summed E-state index contributed by atoms with van der Waals surface area (Å²) >= 11 is 14.9. The molecule has 0 spiro atoms. The number of rotatable bonds is 7. The number of thiazole rings is 1. The molecule has 2 aromatic heterocycles. The average molecular weight is 536 g/mol. The van der Waals surface area contributed by atoms with Gasteiger partial charge in [-0.25, -0.2) is 9.78 Å². The summed E-state index contributed by atoms with van der Waals surface area (Å²) in [7, 11) is 0. The smallest absolute Gasteiger partial charge is 0.353 e. The van der Waals surface area contributed by atoms with Crippen LogP contribution in [0.4, 0.5) is 5.13 Å². The molecule has 12 nitrogen and oxygen atoms in total. The summed E-state index contributed by atoms with van der Waals surface area (Å²) in [5.74, 6) is -2.80. The van der Waals surface area contributed by atoms with Crippen LogP contribution in [0.25, 0.3) is 0 Å². The van der Waals surface area contributed by atoms with Gasteiger partial charge in [0.25, 0.3) is 11.8 Å². The lowest BCUT2D eigenvalue weighted by Crippen LogP contribution is -2.71. The quantitative estimate of drug-likeness (QED) is 0.351. The van der Waals surface area contributed by atoms with Crippen LogP contribution < -0.4 is 11.1 Å². The Morgan fingerprint density at radius 3 is 2.72 bits per heavy atom. The Bertz CT molecular complexity index is 1170. The summed E-state index contributed by atoms with van der Waals surface area (Å²) in [6.45, 7) is 0. The Balaban J connectivity index is 1.53. The van der Waals surface area contributed by atoms with Crippen molar-refractivity contribution in [1.82, 2.24) is 24.8 Å². The number of fused-ring (bicyclic) bond motifs is 1. The van der Waals surface area contributed by atoms with E-state index in [0.717, 1.165) is 39.5 Å². The topological polar surface area (TPSA) is 181 Å². The second-order valence-electron chi connectivity index (χ2n) is 6.55. The van der Waals surface area contributed by atoms with Crippen molar-refractivity contribution < 1.29 is 19.5 Å². The van der Waals surface area contributed by atoms with Gasteiger partial charge in [-0.2, -0.15) is 0 Å². The lowest BCUT2D eigenvalue weighted by molar-refractivity contribution is -0.156. The van der Waals surface area contributed by atoms with Crippen LogP contribution in [0.2, 0.25) is 9.49 Å². The highest BCUT2D eigenvalue weighted by Gasteiger charge is 2.54. The van der Waals surface area contributed by atoms with Gasteiger partial charge in [0, 0.05) is 4.91 Å². The fourth-order valence-corrected chi connectivity index (χ4v) is 6.41. The molecule has 2 aliphatic heterocycles. The molecule has 0 saturated carbocycles. The van der Waals surface area contributed by atoms with E-state index in [-0.39, 0.29) is 26.0 Å². The fourth-order valence-electron chi connectivity index (χ4n) is 3.42.